The van der Waals surface area contributed by atoms with Crippen molar-refractivity contribution in [2.75, 3.05) is 34.0 Å². The molecule has 0 aliphatic rings. The van der Waals surface area contributed by atoms with Crippen molar-refractivity contribution in [3.63, 3.8) is 0 Å². The van der Waals surface area contributed by atoms with Gasteiger partial charge in [0.2, 0.25) is 0 Å². The third-order valence-electron chi connectivity index (χ3n) is 4.84. The van der Waals surface area contributed by atoms with Crippen LogP contribution in [0.2, 0.25) is 0 Å². The van der Waals surface area contributed by atoms with Gasteiger partial charge in [0, 0.05) is 37.6 Å². The van der Waals surface area contributed by atoms with Crippen molar-refractivity contribution in [2.45, 2.75) is 5.92 Å². The molecule has 0 aliphatic carbocycles. The van der Waals surface area contributed by atoms with Crippen molar-refractivity contribution in [3.05, 3.63) is 47.5 Å². The molecule has 1 atom stereocenters. The quantitative estimate of drug-likeness (QED) is 0.448. The molecule has 148 valence electrons. The summed E-state index contributed by atoms with van der Waals surface area (Å²) in [5.41, 5.74) is 1.42. The molecule has 0 saturated carbocycles. The number of methoxy groups -OCH3 is 2. The lowest BCUT2D eigenvalue weighted by molar-refractivity contribution is 0.0654. The fraction of sp³-hybridized carbons (Fsp3) is 0.400. The monoisotopic (exact) mass is 378 g/mol. The molecule has 2 aromatic rings. The summed E-state index contributed by atoms with van der Waals surface area (Å²) in [6, 6.07) is 9.65. The minimum atomic E-state index is -0.570. The van der Waals surface area contributed by atoms with E-state index in [0.717, 1.165) is 0 Å². The molecule has 0 aliphatic heterocycles. The van der Waals surface area contributed by atoms with Crippen molar-refractivity contribution in [1.29, 1.82) is 0 Å². The van der Waals surface area contributed by atoms with Crippen molar-refractivity contribution in [1.82, 2.24) is 0 Å². The molecule has 5 N–H and O–H groups in total. The minimum Gasteiger partial charge on any atom is -0.504 e. The number of aliphatic hydroxyl groups is 3. The first kappa shape index (κ1) is 20.8. The molecule has 7 heteroatoms. The molecule has 0 heterocycles. The summed E-state index contributed by atoms with van der Waals surface area (Å²) >= 11 is 0. The molecule has 0 unspecified atom stereocenters. The number of aromatic hydroxyl groups is 2. The van der Waals surface area contributed by atoms with Crippen LogP contribution in [0.5, 0.6) is 23.0 Å². The van der Waals surface area contributed by atoms with E-state index >= 15 is 0 Å². The molecule has 0 amide bonds. The van der Waals surface area contributed by atoms with Crippen LogP contribution in [0.15, 0.2) is 36.4 Å². The van der Waals surface area contributed by atoms with E-state index in [4.69, 9.17) is 9.47 Å². The Morgan fingerprint density at radius 3 is 1.52 bits per heavy atom. The number of aliphatic hydroxyl groups excluding tert-OH is 3. The molecular weight excluding hydrogens is 352 g/mol. The van der Waals surface area contributed by atoms with Crippen LogP contribution >= 0.6 is 0 Å². The van der Waals surface area contributed by atoms with Gasteiger partial charge in [0.05, 0.1) is 14.2 Å². The predicted molar refractivity (Wildman–Crippen MR) is 99.4 cm³/mol. The normalized spacial score (nSPS) is 12.4. The molecular formula is C20H26O7. The lowest BCUT2D eigenvalue weighted by Gasteiger charge is -2.32. The van der Waals surface area contributed by atoms with E-state index in [1.165, 1.54) is 26.4 Å². The Morgan fingerprint density at radius 1 is 0.741 bits per heavy atom. The number of phenols is 2. The van der Waals surface area contributed by atoms with E-state index in [-0.39, 0.29) is 42.8 Å². The third-order valence-corrected chi connectivity index (χ3v) is 4.84. The molecule has 2 aromatic carbocycles. The standard InChI is InChI=1S/C20H26O7/c1-26-18-7-12(3-5-16(18)24)20(15(11-23)14(9-21)10-22)13-4-6-17(25)19(8-13)27-2/h3-8,14-15,20-25H,9-11H2,1-2H3/t15-/m0/s1. The van der Waals surface area contributed by atoms with Crippen molar-refractivity contribution in [2.24, 2.45) is 11.8 Å². The van der Waals surface area contributed by atoms with Gasteiger partial charge in [-0.3, -0.25) is 0 Å². The lowest BCUT2D eigenvalue weighted by Crippen LogP contribution is -2.31. The highest BCUT2D eigenvalue weighted by Crippen LogP contribution is 2.41. The van der Waals surface area contributed by atoms with Gasteiger partial charge in [-0.15, -0.1) is 0 Å². The molecule has 0 aromatic heterocycles. The van der Waals surface area contributed by atoms with Crippen LogP contribution in [0.4, 0.5) is 0 Å². The highest BCUT2D eigenvalue weighted by atomic mass is 16.5. The van der Waals surface area contributed by atoms with Crippen LogP contribution in [0.25, 0.3) is 0 Å². The molecule has 0 radical (unpaired) electrons. The first-order chi connectivity index (χ1) is 13.0. The zero-order valence-electron chi connectivity index (χ0n) is 15.4. The van der Waals surface area contributed by atoms with Gasteiger partial charge in [0.15, 0.2) is 23.0 Å². The summed E-state index contributed by atoms with van der Waals surface area (Å²) in [7, 11) is 2.87. The van der Waals surface area contributed by atoms with Gasteiger partial charge in [0.25, 0.3) is 0 Å². The Bertz CT molecular complexity index is 690. The summed E-state index contributed by atoms with van der Waals surface area (Å²) in [4.78, 5) is 0. The molecule has 0 fully saturated rings. The van der Waals surface area contributed by atoms with Gasteiger partial charge in [0.1, 0.15) is 0 Å². The largest absolute Gasteiger partial charge is 0.504 e. The summed E-state index contributed by atoms with van der Waals surface area (Å²) < 4.78 is 10.4. The number of hydrogen-bond acceptors (Lipinski definition) is 7. The van der Waals surface area contributed by atoms with Crippen molar-refractivity contribution >= 4 is 0 Å². The lowest BCUT2D eigenvalue weighted by atomic mass is 9.75. The number of ether oxygens (including phenoxy) is 2. The fourth-order valence-electron chi connectivity index (χ4n) is 3.32. The van der Waals surface area contributed by atoms with Crippen LogP contribution in [0.1, 0.15) is 17.0 Å². The zero-order chi connectivity index (χ0) is 20.0. The van der Waals surface area contributed by atoms with Crippen molar-refractivity contribution in [3.8, 4) is 23.0 Å². The smallest absolute Gasteiger partial charge is 0.160 e. The van der Waals surface area contributed by atoms with Crippen LogP contribution in [-0.2, 0) is 0 Å². The highest BCUT2D eigenvalue weighted by Gasteiger charge is 2.32. The Balaban J connectivity index is 2.64. The van der Waals surface area contributed by atoms with E-state index in [1.807, 2.05) is 0 Å². The van der Waals surface area contributed by atoms with Gasteiger partial charge in [-0.05, 0) is 35.4 Å². The Morgan fingerprint density at radius 2 is 1.19 bits per heavy atom. The minimum absolute atomic E-state index is 0.0234. The maximum absolute atomic E-state index is 10.0. The van der Waals surface area contributed by atoms with E-state index in [1.54, 1.807) is 24.3 Å². The first-order valence-electron chi connectivity index (χ1n) is 8.57. The van der Waals surface area contributed by atoms with Gasteiger partial charge < -0.3 is 35.0 Å². The molecule has 27 heavy (non-hydrogen) atoms. The van der Waals surface area contributed by atoms with Crippen LogP contribution in [0, 0.1) is 11.8 Å². The average Bonchev–Trinajstić information content (AvgIpc) is 2.69. The molecule has 0 spiro atoms. The first-order valence-corrected chi connectivity index (χ1v) is 8.57. The second kappa shape index (κ2) is 9.45. The third kappa shape index (κ3) is 4.44. The SMILES string of the molecule is COc1cc(C(c2ccc(O)c(OC)c2)[C@@H](CO)C(CO)CO)ccc1O. The molecule has 7 nitrogen and oxygen atoms in total. The fourth-order valence-corrected chi connectivity index (χ4v) is 3.32. The van der Waals surface area contributed by atoms with Gasteiger partial charge in [-0.25, -0.2) is 0 Å². The second-order valence-electron chi connectivity index (χ2n) is 6.31. The van der Waals surface area contributed by atoms with Crippen LogP contribution < -0.4 is 9.47 Å². The summed E-state index contributed by atoms with van der Waals surface area (Å²) in [5.74, 6) is -1.06. The zero-order valence-corrected chi connectivity index (χ0v) is 15.4. The molecule has 2 rings (SSSR count). The summed E-state index contributed by atoms with van der Waals surface area (Å²) in [6.45, 7) is -0.895. The summed E-state index contributed by atoms with van der Waals surface area (Å²) in [6.07, 6.45) is 0. The van der Waals surface area contributed by atoms with Crippen LogP contribution in [0.3, 0.4) is 0 Å². The Labute approximate surface area is 158 Å². The maximum atomic E-state index is 10.0. The average molecular weight is 378 g/mol. The van der Waals surface area contributed by atoms with E-state index in [2.05, 4.69) is 0 Å². The van der Waals surface area contributed by atoms with Gasteiger partial charge in [-0.1, -0.05) is 12.1 Å². The van der Waals surface area contributed by atoms with Gasteiger partial charge in [-0.2, -0.15) is 0 Å². The van der Waals surface area contributed by atoms with E-state index in [9.17, 15) is 25.5 Å². The number of benzene rings is 2. The highest BCUT2D eigenvalue weighted by molar-refractivity contribution is 5.49. The number of rotatable bonds is 9. The Kier molecular flexibility index (Phi) is 7.29. The van der Waals surface area contributed by atoms with Crippen molar-refractivity contribution < 1.29 is 35.0 Å². The van der Waals surface area contributed by atoms with Crippen LogP contribution in [-0.4, -0.2) is 59.6 Å². The Hall–Kier alpha value is -2.48. The molecule has 0 bridgehead atoms. The maximum Gasteiger partial charge on any atom is 0.160 e. The topological polar surface area (TPSA) is 120 Å². The number of phenolic OH excluding ortho intramolecular Hbond substituents is 2. The van der Waals surface area contributed by atoms with E-state index < -0.39 is 17.8 Å². The summed E-state index contributed by atoms with van der Waals surface area (Å²) in [5, 5.41) is 49.1. The van der Waals surface area contributed by atoms with E-state index in [0.29, 0.717) is 11.1 Å². The molecule has 0 saturated heterocycles. The number of hydrogen-bond donors (Lipinski definition) is 5. The second-order valence-corrected chi connectivity index (χ2v) is 6.31. The van der Waals surface area contributed by atoms with Gasteiger partial charge >= 0.3 is 0 Å². The predicted octanol–water partition coefficient (Wildman–Crippen LogP) is 1.46.